The lowest BCUT2D eigenvalue weighted by molar-refractivity contribution is -0.138. The molecule has 4 saturated carbocycles. The Morgan fingerprint density at radius 3 is 2.30 bits per heavy atom. The molecule has 0 aromatic heterocycles. The van der Waals surface area contributed by atoms with Crippen LogP contribution in [0.1, 0.15) is 51.9 Å². The van der Waals surface area contributed by atoms with E-state index >= 15 is 0 Å². The number of amides is 1. The van der Waals surface area contributed by atoms with Crippen LogP contribution >= 0.6 is 0 Å². The van der Waals surface area contributed by atoms with E-state index in [0.717, 1.165) is 31.2 Å². The molecule has 4 fully saturated rings. The van der Waals surface area contributed by atoms with Gasteiger partial charge in [0.1, 0.15) is 0 Å². The Bertz CT molecular complexity index is 327. The van der Waals surface area contributed by atoms with Gasteiger partial charge in [-0.25, -0.2) is 0 Å². The van der Waals surface area contributed by atoms with E-state index in [9.17, 15) is 4.79 Å². The van der Waals surface area contributed by atoms with Gasteiger partial charge in [-0.05, 0) is 74.5 Å². The van der Waals surface area contributed by atoms with E-state index in [1.165, 1.54) is 32.1 Å². The van der Waals surface area contributed by atoms with E-state index in [-0.39, 0.29) is 6.61 Å². The first-order valence-corrected chi connectivity index (χ1v) is 8.56. The van der Waals surface area contributed by atoms with Crippen molar-refractivity contribution in [1.29, 1.82) is 0 Å². The highest BCUT2D eigenvalue weighted by molar-refractivity contribution is 5.79. The maximum absolute atomic E-state index is 12.5. The number of aliphatic hydroxyl groups excluding tert-OH is 1. The molecule has 0 spiro atoms. The summed E-state index contributed by atoms with van der Waals surface area (Å²) < 4.78 is 0. The largest absolute Gasteiger partial charge is 0.396 e. The molecule has 1 amide bonds. The van der Waals surface area contributed by atoms with Crippen LogP contribution in [-0.4, -0.2) is 24.2 Å². The molecule has 0 aromatic carbocycles. The number of nitrogens with one attached hydrogen (secondary N) is 1. The molecule has 4 rings (SSSR count). The van der Waals surface area contributed by atoms with Crippen LogP contribution in [0.15, 0.2) is 0 Å². The Kier molecular flexibility index (Phi) is 4.34. The third-order valence-corrected chi connectivity index (χ3v) is 6.01. The lowest BCUT2D eigenvalue weighted by Crippen LogP contribution is -2.51. The van der Waals surface area contributed by atoms with Crippen LogP contribution in [0.2, 0.25) is 0 Å². The summed E-state index contributed by atoms with van der Waals surface area (Å²) >= 11 is 0. The molecular formula is C17H29NO2. The topological polar surface area (TPSA) is 49.3 Å². The summed E-state index contributed by atoms with van der Waals surface area (Å²) in [5.41, 5.74) is 0. The van der Waals surface area contributed by atoms with Crippen molar-refractivity contribution in [2.24, 2.45) is 35.5 Å². The zero-order chi connectivity index (χ0) is 14.1. The molecule has 1 atom stereocenters. The van der Waals surface area contributed by atoms with Crippen molar-refractivity contribution in [3.8, 4) is 0 Å². The number of aliphatic hydroxyl groups is 1. The summed E-state index contributed by atoms with van der Waals surface area (Å²) in [4.78, 5) is 12.5. The van der Waals surface area contributed by atoms with Crippen molar-refractivity contribution in [1.82, 2.24) is 5.32 Å². The molecular weight excluding hydrogens is 250 g/mol. The second-order valence-corrected chi connectivity index (χ2v) is 7.68. The van der Waals surface area contributed by atoms with Crippen molar-refractivity contribution in [3.63, 3.8) is 0 Å². The number of hydrogen-bond acceptors (Lipinski definition) is 2. The number of carbonyl (C=O) groups excluding carboxylic acids is 1. The van der Waals surface area contributed by atoms with Gasteiger partial charge in [0.25, 0.3) is 0 Å². The normalized spacial score (nSPS) is 39.8. The molecule has 0 aliphatic heterocycles. The second-order valence-electron chi connectivity index (χ2n) is 7.68. The molecule has 2 N–H and O–H groups in total. The van der Waals surface area contributed by atoms with Crippen molar-refractivity contribution in [2.75, 3.05) is 13.2 Å². The standard InChI is InChI=1S/C17H29NO2/c1-11(10-19)3-2-4-18-17(20)16-14-6-12-5-13(8-14)9-15(16)7-12/h11-16,19H,2-10H2,1H3,(H,18,20). The van der Waals surface area contributed by atoms with Gasteiger partial charge < -0.3 is 10.4 Å². The fourth-order valence-corrected chi connectivity index (χ4v) is 5.22. The third kappa shape index (κ3) is 2.88. The number of carbonyl (C=O) groups is 1. The van der Waals surface area contributed by atoms with Crippen LogP contribution in [0.3, 0.4) is 0 Å². The maximum atomic E-state index is 12.5. The molecule has 20 heavy (non-hydrogen) atoms. The highest BCUT2D eigenvalue weighted by Gasteiger charge is 2.50. The summed E-state index contributed by atoms with van der Waals surface area (Å²) in [6, 6.07) is 0. The molecule has 4 bridgehead atoms. The third-order valence-electron chi connectivity index (χ3n) is 6.01. The van der Waals surface area contributed by atoms with E-state index in [0.29, 0.717) is 29.6 Å². The van der Waals surface area contributed by atoms with Crippen molar-refractivity contribution >= 4 is 5.91 Å². The predicted molar refractivity (Wildman–Crippen MR) is 79.0 cm³/mol. The van der Waals surface area contributed by atoms with Crippen molar-refractivity contribution < 1.29 is 9.90 Å². The van der Waals surface area contributed by atoms with Gasteiger partial charge in [-0.1, -0.05) is 6.92 Å². The van der Waals surface area contributed by atoms with Crippen LogP contribution in [0.4, 0.5) is 0 Å². The number of hydrogen-bond donors (Lipinski definition) is 2. The van der Waals surface area contributed by atoms with Gasteiger partial charge in [0.2, 0.25) is 5.91 Å². The van der Waals surface area contributed by atoms with Crippen LogP contribution in [-0.2, 0) is 4.79 Å². The lowest BCUT2D eigenvalue weighted by atomic mass is 9.51. The van der Waals surface area contributed by atoms with E-state index in [2.05, 4.69) is 12.2 Å². The van der Waals surface area contributed by atoms with E-state index in [4.69, 9.17) is 5.11 Å². The molecule has 3 nitrogen and oxygen atoms in total. The Labute approximate surface area is 122 Å². The summed E-state index contributed by atoms with van der Waals surface area (Å²) in [5.74, 6) is 4.24. The van der Waals surface area contributed by atoms with E-state index < -0.39 is 0 Å². The predicted octanol–water partition coefficient (Wildman–Crippen LogP) is 2.58. The molecule has 1 unspecified atom stereocenters. The molecule has 4 aliphatic rings. The molecule has 0 radical (unpaired) electrons. The van der Waals surface area contributed by atoms with Crippen LogP contribution < -0.4 is 5.32 Å². The van der Waals surface area contributed by atoms with Gasteiger partial charge in [-0.3, -0.25) is 4.79 Å². The zero-order valence-electron chi connectivity index (χ0n) is 12.7. The zero-order valence-corrected chi connectivity index (χ0v) is 12.7. The molecule has 3 heteroatoms. The van der Waals surface area contributed by atoms with Gasteiger partial charge in [-0.2, -0.15) is 0 Å². The fraction of sp³-hybridized carbons (Fsp3) is 0.941. The smallest absolute Gasteiger partial charge is 0.223 e. The summed E-state index contributed by atoms with van der Waals surface area (Å²) in [7, 11) is 0. The van der Waals surface area contributed by atoms with Gasteiger partial charge in [-0.15, -0.1) is 0 Å². The molecule has 4 aliphatic carbocycles. The summed E-state index contributed by atoms with van der Waals surface area (Å²) in [6.07, 6.45) is 8.68. The Hall–Kier alpha value is -0.570. The Morgan fingerprint density at radius 2 is 1.75 bits per heavy atom. The minimum Gasteiger partial charge on any atom is -0.396 e. The van der Waals surface area contributed by atoms with E-state index in [1.54, 1.807) is 0 Å². The average molecular weight is 279 g/mol. The number of rotatable bonds is 6. The fourth-order valence-electron chi connectivity index (χ4n) is 5.22. The molecule has 0 heterocycles. The van der Waals surface area contributed by atoms with Crippen LogP contribution in [0.5, 0.6) is 0 Å². The van der Waals surface area contributed by atoms with Gasteiger partial charge in [0.15, 0.2) is 0 Å². The maximum Gasteiger partial charge on any atom is 0.223 e. The highest BCUT2D eigenvalue weighted by Crippen LogP contribution is 2.56. The molecule has 114 valence electrons. The molecule has 0 aromatic rings. The summed E-state index contributed by atoms with van der Waals surface area (Å²) in [6.45, 7) is 3.09. The lowest BCUT2D eigenvalue weighted by Gasteiger charge is -2.53. The van der Waals surface area contributed by atoms with Crippen LogP contribution in [0, 0.1) is 35.5 Å². The summed E-state index contributed by atoms with van der Waals surface area (Å²) in [5, 5.41) is 12.2. The van der Waals surface area contributed by atoms with Gasteiger partial charge in [0, 0.05) is 19.1 Å². The minimum atomic E-state index is 0.253. The first-order valence-electron chi connectivity index (χ1n) is 8.56. The Balaban J connectivity index is 1.46. The quantitative estimate of drug-likeness (QED) is 0.734. The molecule has 0 saturated heterocycles. The SMILES string of the molecule is CC(CO)CCCNC(=O)C1C2CC3CC(C2)CC1C3. The highest BCUT2D eigenvalue weighted by atomic mass is 16.3. The monoisotopic (exact) mass is 279 g/mol. The Morgan fingerprint density at radius 1 is 1.15 bits per heavy atom. The van der Waals surface area contributed by atoms with E-state index in [1.807, 2.05) is 0 Å². The first-order chi connectivity index (χ1) is 9.67. The van der Waals surface area contributed by atoms with Gasteiger partial charge >= 0.3 is 0 Å². The average Bonchev–Trinajstić information content (AvgIpc) is 2.42. The van der Waals surface area contributed by atoms with Crippen molar-refractivity contribution in [2.45, 2.75) is 51.9 Å². The minimum absolute atomic E-state index is 0.253. The van der Waals surface area contributed by atoms with Crippen molar-refractivity contribution in [3.05, 3.63) is 0 Å². The first kappa shape index (κ1) is 14.4. The van der Waals surface area contributed by atoms with Crippen LogP contribution in [0.25, 0.3) is 0 Å². The second kappa shape index (κ2) is 6.05. The van der Waals surface area contributed by atoms with Gasteiger partial charge in [0.05, 0.1) is 0 Å².